The Morgan fingerprint density at radius 1 is 1.12 bits per heavy atom. The van der Waals surface area contributed by atoms with Crippen LogP contribution in [0, 0.1) is 0 Å². The molecule has 166 valence electrons. The number of aromatic amines is 1. The van der Waals surface area contributed by atoms with Crippen LogP contribution in [-0.4, -0.2) is 44.2 Å². The molecular formula is C23H20N6O4. The number of ether oxygens (including phenoxy) is 1. The van der Waals surface area contributed by atoms with Gasteiger partial charge in [0.1, 0.15) is 11.1 Å². The molecule has 0 spiro atoms. The maximum atomic E-state index is 12.8. The first-order valence-corrected chi connectivity index (χ1v) is 10.4. The Bertz CT molecular complexity index is 1430. The lowest BCUT2D eigenvalue weighted by molar-refractivity contribution is -0.125. The van der Waals surface area contributed by atoms with Gasteiger partial charge in [0.2, 0.25) is 5.91 Å². The number of amides is 2. The number of anilines is 2. The van der Waals surface area contributed by atoms with Crippen LogP contribution in [0.1, 0.15) is 13.3 Å². The smallest absolute Gasteiger partial charge is 0.267 e. The fourth-order valence-corrected chi connectivity index (χ4v) is 3.81. The lowest BCUT2D eigenvalue weighted by Crippen LogP contribution is -2.45. The molecule has 1 aliphatic rings. The summed E-state index contributed by atoms with van der Waals surface area (Å²) >= 11 is 0. The molecular weight excluding hydrogens is 424 g/mol. The normalized spacial score (nSPS) is 15.2. The third kappa shape index (κ3) is 3.71. The maximum absolute atomic E-state index is 12.8. The first-order chi connectivity index (χ1) is 16.0. The van der Waals surface area contributed by atoms with Crippen molar-refractivity contribution in [1.82, 2.24) is 19.7 Å². The topological polar surface area (TPSA) is 122 Å². The summed E-state index contributed by atoms with van der Waals surface area (Å²) in [5.41, 5.74) is 1.81. The summed E-state index contributed by atoms with van der Waals surface area (Å²) in [7, 11) is 0. The Hall–Kier alpha value is -4.47. The summed E-state index contributed by atoms with van der Waals surface area (Å²) in [5.74, 6) is 0.152. The van der Waals surface area contributed by atoms with Gasteiger partial charge in [-0.2, -0.15) is 5.10 Å². The second-order valence-corrected chi connectivity index (χ2v) is 7.56. The van der Waals surface area contributed by atoms with Crippen molar-refractivity contribution in [3.63, 3.8) is 0 Å². The molecule has 5 rings (SSSR count). The minimum atomic E-state index is -0.618. The van der Waals surface area contributed by atoms with Gasteiger partial charge in [-0.15, -0.1) is 0 Å². The zero-order valence-electron chi connectivity index (χ0n) is 17.7. The van der Waals surface area contributed by atoms with Crippen LogP contribution in [0.25, 0.3) is 16.7 Å². The molecule has 1 aliphatic heterocycles. The minimum absolute atomic E-state index is 0.0822. The van der Waals surface area contributed by atoms with Crippen molar-refractivity contribution < 1.29 is 14.3 Å². The molecule has 0 saturated carbocycles. The third-order valence-corrected chi connectivity index (χ3v) is 5.41. The molecule has 2 aromatic carbocycles. The van der Waals surface area contributed by atoms with E-state index in [1.807, 2.05) is 12.1 Å². The van der Waals surface area contributed by atoms with Crippen molar-refractivity contribution in [1.29, 1.82) is 0 Å². The van der Waals surface area contributed by atoms with E-state index < -0.39 is 6.10 Å². The van der Waals surface area contributed by atoms with Gasteiger partial charge in [0.25, 0.3) is 11.5 Å². The second-order valence-electron chi connectivity index (χ2n) is 7.56. The zero-order valence-corrected chi connectivity index (χ0v) is 17.7. The number of aromatic nitrogens is 4. The highest BCUT2D eigenvalue weighted by molar-refractivity contribution is 6.01. The van der Waals surface area contributed by atoms with Crippen molar-refractivity contribution in [2.75, 3.05) is 16.8 Å². The van der Waals surface area contributed by atoms with E-state index in [-0.39, 0.29) is 30.3 Å². The Labute approximate surface area is 187 Å². The minimum Gasteiger partial charge on any atom is -0.479 e. The molecule has 1 unspecified atom stereocenters. The van der Waals surface area contributed by atoms with Gasteiger partial charge in [-0.05, 0) is 31.2 Å². The maximum Gasteiger partial charge on any atom is 0.267 e. The molecule has 3 heterocycles. The van der Waals surface area contributed by atoms with Crippen LogP contribution >= 0.6 is 0 Å². The number of carbonyl (C=O) groups is 2. The number of nitrogens with zero attached hydrogens (tertiary/aromatic N) is 4. The Balaban J connectivity index is 1.36. The molecule has 10 heteroatoms. The number of hydrogen-bond donors (Lipinski definition) is 2. The largest absolute Gasteiger partial charge is 0.479 e. The molecule has 0 bridgehead atoms. The van der Waals surface area contributed by atoms with Gasteiger partial charge in [-0.25, -0.2) is 9.67 Å². The Kier molecular flexibility index (Phi) is 5.09. The summed E-state index contributed by atoms with van der Waals surface area (Å²) in [6, 6.07) is 14.4. The molecule has 33 heavy (non-hydrogen) atoms. The summed E-state index contributed by atoms with van der Waals surface area (Å²) in [6.07, 6.45) is 2.20. The zero-order chi connectivity index (χ0) is 22.9. The summed E-state index contributed by atoms with van der Waals surface area (Å²) in [6.45, 7) is 1.90. The van der Waals surface area contributed by atoms with E-state index in [9.17, 15) is 14.4 Å². The quantitative estimate of drug-likeness (QED) is 0.487. The molecule has 1 atom stereocenters. The van der Waals surface area contributed by atoms with E-state index in [4.69, 9.17) is 4.74 Å². The van der Waals surface area contributed by atoms with E-state index in [0.29, 0.717) is 33.8 Å². The monoisotopic (exact) mass is 444 g/mol. The molecule has 0 fully saturated rings. The van der Waals surface area contributed by atoms with Crippen molar-refractivity contribution in [2.24, 2.45) is 0 Å². The third-order valence-electron chi connectivity index (χ3n) is 5.41. The molecule has 2 aromatic heterocycles. The molecule has 2 amide bonds. The lowest BCUT2D eigenvalue weighted by atomic mass is 10.1. The average Bonchev–Trinajstić information content (AvgIpc) is 3.25. The van der Waals surface area contributed by atoms with Gasteiger partial charge in [0.05, 0.1) is 29.6 Å². The van der Waals surface area contributed by atoms with Gasteiger partial charge >= 0.3 is 0 Å². The molecule has 0 radical (unpaired) electrons. The number of fused-ring (bicyclic) bond motifs is 2. The van der Waals surface area contributed by atoms with Crippen LogP contribution < -0.4 is 20.5 Å². The van der Waals surface area contributed by atoms with Crippen molar-refractivity contribution in [2.45, 2.75) is 19.4 Å². The van der Waals surface area contributed by atoms with Crippen molar-refractivity contribution in [3.05, 3.63) is 71.4 Å². The Morgan fingerprint density at radius 3 is 2.73 bits per heavy atom. The average molecular weight is 444 g/mol. The second kappa shape index (κ2) is 8.23. The highest BCUT2D eigenvalue weighted by Crippen LogP contribution is 2.33. The van der Waals surface area contributed by atoms with Crippen molar-refractivity contribution in [3.8, 4) is 11.4 Å². The number of hydrogen-bond acceptors (Lipinski definition) is 6. The van der Waals surface area contributed by atoms with Crippen LogP contribution in [0.15, 0.2) is 65.8 Å². The fourth-order valence-electron chi connectivity index (χ4n) is 3.81. The van der Waals surface area contributed by atoms with Crippen LogP contribution in [0.5, 0.6) is 5.75 Å². The SMILES string of the molecule is CC1Oc2ccccc2N(CCC(=O)Nc2ccccc2-n2ncc3c(=O)[nH]cnc32)C1=O. The highest BCUT2D eigenvalue weighted by atomic mass is 16.5. The van der Waals surface area contributed by atoms with E-state index >= 15 is 0 Å². The first-order valence-electron chi connectivity index (χ1n) is 10.4. The molecule has 4 aromatic rings. The van der Waals surface area contributed by atoms with Crippen LogP contribution in [0.3, 0.4) is 0 Å². The number of benzene rings is 2. The van der Waals surface area contributed by atoms with Crippen LogP contribution in [0.4, 0.5) is 11.4 Å². The van der Waals surface area contributed by atoms with Gasteiger partial charge in [0.15, 0.2) is 11.8 Å². The summed E-state index contributed by atoms with van der Waals surface area (Å²) in [4.78, 5) is 45.8. The molecule has 0 saturated heterocycles. The summed E-state index contributed by atoms with van der Waals surface area (Å²) < 4.78 is 7.15. The molecule has 2 N–H and O–H groups in total. The number of H-pyrrole nitrogens is 1. The van der Waals surface area contributed by atoms with E-state index in [1.54, 1.807) is 48.2 Å². The van der Waals surface area contributed by atoms with E-state index in [2.05, 4.69) is 20.4 Å². The number of nitrogens with one attached hydrogen (secondary N) is 2. The van der Waals surface area contributed by atoms with Crippen molar-refractivity contribution >= 4 is 34.2 Å². The number of carbonyl (C=O) groups excluding carboxylic acids is 2. The number of rotatable bonds is 5. The number of para-hydroxylation sites is 4. The van der Waals surface area contributed by atoms with Crippen LogP contribution in [0.2, 0.25) is 0 Å². The summed E-state index contributed by atoms with van der Waals surface area (Å²) in [5, 5.41) is 7.50. The van der Waals surface area contributed by atoms with E-state index in [0.717, 1.165) is 0 Å². The van der Waals surface area contributed by atoms with Gasteiger partial charge < -0.3 is 19.9 Å². The van der Waals surface area contributed by atoms with Gasteiger partial charge in [-0.3, -0.25) is 14.4 Å². The standard InChI is InChI=1S/C23H20N6O4/c1-14-23(32)28(18-8-4-5-9-19(18)33-14)11-10-20(30)27-16-6-2-3-7-17(16)29-21-15(12-26-29)22(31)25-13-24-21/h2-9,12-14H,10-11H2,1H3,(H,27,30)(H,24,25,31). The van der Waals surface area contributed by atoms with Crippen LogP contribution in [-0.2, 0) is 9.59 Å². The Morgan fingerprint density at radius 2 is 1.88 bits per heavy atom. The van der Waals surface area contributed by atoms with Gasteiger partial charge in [-0.1, -0.05) is 24.3 Å². The fraction of sp³-hybridized carbons (Fsp3) is 0.174. The first kappa shape index (κ1) is 20.4. The van der Waals surface area contributed by atoms with E-state index in [1.165, 1.54) is 17.2 Å². The molecule has 10 nitrogen and oxygen atoms in total. The predicted octanol–water partition coefficient (Wildman–Crippen LogP) is 2.25. The van der Waals surface area contributed by atoms with Gasteiger partial charge in [0, 0.05) is 13.0 Å². The highest BCUT2D eigenvalue weighted by Gasteiger charge is 2.31. The predicted molar refractivity (Wildman–Crippen MR) is 122 cm³/mol. The lowest BCUT2D eigenvalue weighted by Gasteiger charge is -2.32. The molecule has 0 aliphatic carbocycles.